The van der Waals surface area contributed by atoms with E-state index in [-0.39, 0.29) is 23.1 Å². The number of piperidine rings is 1. The summed E-state index contributed by atoms with van der Waals surface area (Å²) in [5.41, 5.74) is 8.36. The minimum atomic E-state index is -0.270. The number of anilines is 1. The van der Waals surface area contributed by atoms with E-state index in [0.717, 1.165) is 24.2 Å². The standard InChI is InChI=1S/C30H31N7O2/c1-30(2,3)17-24(32-4)29(38)36-16-8-9-21(18-36)37-28-25(27(31)33-19-34-28)26(35-37)20-12-14-23(15-13-20)39-22-10-6-5-7-11-22/h5-7,10-15,17,19,21H,8-9,16,18H2,1-3H3,(H2,31,33,34)/b24-17-/t21-/m1/s1. The Morgan fingerprint density at radius 3 is 2.51 bits per heavy atom. The van der Waals surface area contributed by atoms with E-state index in [1.54, 1.807) is 11.0 Å². The zero-order chi connectivity index (χ0) is 27.6. The molecule has 0 spiro atoms. The van der Waals surface area contributed by atoms with Gasteiger partial charge in [0.25, 0.3) is 5.91 Å². The monoisotopic (exact) mass is 521 g/mol. The van der Waals surface area contributed by atoms with Crippen LogP contribution in [0.2, 0.25) is 0 Å². The smallest absolute Gasteiger partial charge is 0.252 e. The molecule has 0 aliphatic carbocycles. The molecule has 2 N–H and O–H groups in total. The molecule has 39 heavy (non-hydrogen) atoms. The van der Waals surface area contributed by atoms with Crippen molar-refractivity contribution in [2.24, 2.45) is 5.41 Å². The number of hydrogen-bond donors (Lipinski definition) is 1. The molecular weight excluding hydrogens is 490 g/mol. The van der Waals surface area contributed by atoms with E-state index < -0.39 is 0 Å². The van der Waals surface area contributed by atoms with Gasteiger partial charge in [0.1, 0.15) is 29.3 Å². The molecule has 0 bridgehead atoms. The fraction of sp³-hybridized carbons (Fsp3) is 0.300. The molecular formula is C30H31N7O2. The van der Waals surface area contributed by atoms with Crippen molar-refractivity contribution in [1.82, 2.24) is 24.6 Å². The summed E-state index contributed by atoms with van der Waals surface area (Å²) in [5, 5.41) is 5.63. The normalized spacial score (nSPS) is 16.2. The summed E-state index contributed by atoms with van der Waals surface area (Å²) >= 11 is 0. The molecule has 198 valence electrons. The lowest BCUT2D eigenvalue weighted by Crippen LogP contribution is -2.41. The van der Waals surface area contributed by atoms with Crippen LogP contribution in [-0.4, -0.2) is 43.6 Å². The van der Waals surface area contributed by atoms with Crippen LogP contribution in [0.5, 0.6) is 11.5 Å². The Morgan fingerprint density at radius 2 is 1.82 bits per heavy atom. The Bertz CT molecular complexity index is 1560. The number of allylic oxidation sites excluding steroid dienone is 1. The summed E-state index contributed by atoms with van der Waals surface area (Å²) in [7, 11) is 0. The number of amides is 1. The third-order valence-electron chi connectivity index (χ3n) is 6.56. The van der Waals surface area contributed by atoms with Crippen molar-refractivity contribution in [2.75, 3.05) is 18.8 Å². The fourth-order valence-corrected chi connectivity index (χ4v) is 4.81. The number of para-hydroxylation sites is 1. The highest BCUT2D eigenvalue weighted by molar-refractivity contribution is 5.98. The number of aromatic nitrogens is 4. The average molecular weight is 522 g/mol. The second-order valence-electron chi connectivity index (χ2n) is 10.7. The molecule has 4 aromatic rings. The molecule has 1 aliphatic heterocycles. The Hall–Kier alpha value is -4.71. The molecule has 1 saturated heterocycles. The van der Waals surface area contributed by atoms with Gasteiger partial charge in [-0.3, -0.25) is 4.79 Å². The summed E-state index contributed by atoms with van der Waals surface area (Å²) < 4.78 is 7.80. The molecule has 9 heteroatoms. The van der Waals surface area contributed by atoms with Gasteiger partial charge in [0.2, 0.25) is 5.70 Å². The molecule has 9 nitrogen and oxygen atoms in total. The zero-order valence-corrected chi connectivity index (χ0v) is 22.3. The summed E-state index contributed by atoms with van der Waals surface area (Å²) in [6.07, 6.45) is 4.79. The maximum atomic E-state index is 13.2. The lowest BCUT2D eigenvalue weighted by atomic mass is 9.95. The van der Waals surface area contributed by atoms with E-state index in [4.69, 9.17) is 22.1 Å². The minimum Gasteiger partial charge on any atom is -0.457 e. The number of carbonyl (C=O) groups is 1. The first-order valence-corrected chi connectivity index (χ1v) is 12.9. The summed E-state index contributed by atoms with van der Waals surface area (Å²) in [5.74, 6) is 1.56. The Morgan fingerprint density at radius 1 is 1.10 bits per heavy atom. The maximum Gasteiger partial charge on any atom is 0.252 e. The largest absolute Gasteiger partial charge is 0.457 e. The minimum absolute atomic E-state index is 0.115. The quantitative estimate of drug-likeness (QED) is 0.260. The third kappa shape index (κ3) is 5.60. The van der Waals surface area contributed by atoms with Crippen LogP contribution in [0.3, 0.4) is 0 Å². The number of nitrogen functional groups attached to an aromatic ring is 1. The first kappa shape index (κ1) is 25.9. The van der Waals surface area contributed by atoms with E-state index in [1.165, 1.54) is 6.33 Å². The maximum absolute atomic E-state index is 13.2. The molecule has 1 fully saturated rings. The highest BCUT2D eigenvalue weighted by Gasteiger charge is 2.30. The van der Waals surface area contributed by atoms with Crippen molar-refractivity contribution >= 4 is 22.8 Å². The van der Waals surface area contributed by atoms with Gasteiger partial charge >= 0.3 is 0 Å². The summed E-state index contributed by atoms with van der Waals surface area (Å²) in [6.45, 7) is 14.5. The van der Waals surface area contributed by atoms with E-state index in [1.807, 2.05) is 80.1 Å². The lowest BCUT2D eigenvalue weighted by molar-refractivity contribution is -0.128. The molecule has 1 atom stereocenters. The van der Waals surface area contributed by atoms with Crippen LogP contribution < -0.4 is 10.5 Å². The molecule has 1 amide bonds. The van der Waals surface area contributed by atoms with Gasteiger partial charge in [0, 0.05) is 18.7 Å². The number of fused-ring (bicyclic) bond motifs is 1. The SMILES string of the molecule is [C-]#[N+]/C(=C\C(C)(C)C)C(=O)N1CCC[C@@H](n2nc(-c3ccc(Oc4ccccc4)cc3)c3c(N)ncnc32)C1. The second kappa shape index (κ2) is 10.6. The fourth-order valence-electron chi connectivity index (χ4n) is 4.81. The number of benzene rings is 2. The Labute approximate surface area is 227 Å². The lowest BCUT2D eigenvalue weighted by Gasteiger charge is -2.33. The van der Waals surface area contributed by atoms with Crippen LogP contribution >= 0.6 is 0 Å². The predicted molar refractivity (Wildman–Crippen MR) is 151 cm³/mol. The van der Waals surface area contributed by atoms with Gasteiger partial charge in [0.05, 0.1) is 18.0 Å². The van der Waals surface area contributed by atoms with Crippen molar-refractivity contribution in [3.63, 3.8) is 0 Å². The Kier molecular flexibility index (Phi) is 7.03. The van der Waals surface area contributed by atoms with E-state index in [0.29, 0.717) is 41.4 Å². The van der Waals surface area contributed by atoms with Gasteiger partial charge in [-0.05, 0) is 54.7 Å². The van der Waals surface area contributed by atoms with Crippen molar-refractivity contribution < 1.29 is 9.53 Å². The number of carbonyl (C=O) groups excluding carboxylic acids is 1. The van der Waals surface area contributed by atoms with E-state index >= 15 is 0 Å². The van der Waals surface area contributed by atoms with Gasteiger partial charge in [0.15, 0.2) is 5.65 Å². The van der Waals surface area contributed by atoms with Crippen molar-refractivity contribution in [1.29, 1.82) is 0 Å². The molecule has 0 unspecified atom stereocenters. The molecule has 2 aromatic heterocycles. The predicted octanol–water partition coefficient (Wildman–Crippen LogP) is 5.88. The van der Waals surface area contributed by atoms with Crippen molar-refractivity contribution in [2.45, 2.75) is 39.7 Å². The number of rotatable bonds is 5. The van der Waals surface area contributed by atoms with Gasteiger partial charge in [-0.2, -0.15) is 5.10 Å². The van der Waals surface area contributed by atoms with Crippen molar-refractivity contribution in [3.8, 4) is 22.8 Å². The van der Waals surface area contributed by atoms with Crippen LogP contribution in [0, 0.1) is 12.0 Å². The van der Waals surface area contributed by atoms with Crippen LogP contribution in [0.1, 0.15) is 39.7 Å². The average Bonchev–Trinajstić information content (AvgIpc) is 3.33. The molecule has 0 radical (unpaired) electrons. The molecule has 2 aromatic carbocycles. The molecule has 0 saturated carbocycles. The number of ether oxygens (including phenoxy) is 1. The van der Waals surface area contributed by atoms with Gasteiger partial charge < -0.3 is 15.4 Å². The van der Waals surface area contributed by atoms with Gasteiger partial charge in [-0.1, -0.05) is 45.0 Å². The number of likely N-dealkylation sites (tertiary alicyclic amines) is 1. The second-order valence-corrected chi connectivity index (χ2v) is 10.7. The van der Waals surface area contributed by atoms with Crippen molar-refractivity contribution in [3.05, 3.63) is 84.1 Å². The topological polar surface area (TPSA) is 104 Å². The first-order valence-electron chi connectivity index (χ1n) is 12.9. The van der Waals surface area contributed by atoms with Crippen LogP contribution in [-0.2, 0) is 4.79 Å². The van der Waals surface area contributed by atoms with Crippen LogP contribution in [0.4, 0.5) is 5.82 Å². The Balaban J connectivity index is 1.46. The first-order chi connectivity index (χ1) is 18.7. The number of nitrogens with zero attached hydrogens (tertiary/aromatic N) is 6. The van der Waals surface area contributed by atoms with Gasteiger partial charge in [-0.25, -0.2) is 19.5 Å². The molecule has 1 aliphatic rings. The van der Waals surface area contributed by atoms with E-state index in [2.05, 4.69) is 14.8 Å². The summed E-state index contributed by atoms with van der Waals surface area (Å²) in [6, 6.07) is 17.1. The van der Waals surface area contributed by atoms with Gasteiger partial charge in [-0.15, -0.1) is 0 Å². The number of nitrogens with two attached hydrogens (primary N) is 1. The summed E-state index contributed by atoms with van der Waals surface area (Å²) in [4.78, 5) is 27.3. The van der Waals surface area contributed by atoms with Crippen LogP contribution in [0.25, 0.3) is 27.1 Å². The van der Waals surface area contributed by atoms with E-state index in [9.17, 15) is 4.79 Å². The highest BCUT2D eigenvalue weighted by Crippen LogP contribution is 2.35. The zero-order valence-electron chi connectivity index (χ0n) is 22.3. The number of hydrogen-bond acceptors (Lipinski definition) is 6. The van der Waals surface area contributed by atoms with Crippen LogP contribution in [0.15, 0.2) is 72.7 Å². The molecule has 3 heterocycles. The highest BCUT2D eigenvalue weighted by atomic mass is 16.5. The third-order valence-corrected chi connectivity index (χ3v) is 6.56. The molecule has 5 rings (SSSR count).